The van der Waals surface area contributed by atoms with Gasteiger partial charge in [-0.15, -0.1) is 0 Å². The number of hydrogen-bond acceptors (Lipinski definition) is 3. The molecule has 0 spiro atoms. The van der Waals surface area contributed by atoms with Crippen LogP contribution < -0.4 is 5.73 Å². The summed E-state index contributed by atoms with van der Waals surface area (Å²) in [6.45, 7) is 2.07. The van der Waals surface area contributed by atoms with Crippen molar-refractivity contribution in [3.63, 3.8) is 0 Å². The monoisotopic (exact) mass is 256 g/mol. The Morgan fingerprint density at radius 1 is 1.37 bits per heavy atom. The zero-order valence-corrected chi connectivity index (χ0v) is 10.3. The van der Waals surface area contributed by atoms with E-state index in [1.54, 1.807) is 31.2 Å². The highest BCUT2D eigenvalue weighted by Crippen LogP contribution is 2.17. The summed E-state index contributed by atoms with van der Waals surface area (Å²) in [6, 6.07) is 7.01. The van der Waals surface area contributed by atoms with Crippen LogP contribution in [0.15, 0.2) is 24.3 Å². The molecule has 0 aliphatic carbocycles. The topological polar surface area (TPSA) is 85.2 Å². The molecule has 0 bridgehead atoms. The molecular weight excluding hydrogens is 244 g/mol. The summed E-state index contributed by atoms with van der Waals surface area (Å²) in [5.74, 6) is 3.82. The van der Waals surface area contributed by atoms with Crippen LogP contribution in [0, 0.1) is 11.8 Å². The molecule has 1 heterocycles. The summed E-state index contributed by atoms with van der Waals surface area (Å²) in [5.41, 5.74) is 6.73. The highest BCUT2D eigenvalue weighted by molar-refractivity contribution is 5.95. The number of nitrogens with one attached hydrogen (secondary N) is 1. The predicted molar refractivity (Wildman–Crippen MR) is 70.3 cm³/mol. The minimum atomic E-state index is -0.682. The standard InChI is InChI=1S/C14H12N2O3/c1-2-19-14(18)12-8-10-5-3-9(4-6-13(15)17)7-11(10)16-12/h3,5,7-8,16H,2H2,1H3,(H2,15,17). The van der Waals surface area contributed by atoms with Crippen molar-refractivity contribution in [2.24, 2.45) is 5.73 Å². The number of benzene rings is 1. The number of primary amides is 1. The Kier molecular flexibility index (Phi) is 3.53. The lowest BCUT2D eigenvalue weighted by Gasteiger charge is -1.96. The van der Waals surface area contributed by atoms with Crippen LogP contribution in [0.4, 0.5) is 0 Å². The highest BCUT2D eigenvalue weighted by atomic mass is 16.5. The minimum Gasteiger partial charge on any atom is -0.461 e. The maximum absolute atomic E-state index is 11.6. The molecule has 5 heteroatoms. The van der Waals surface area contributed by atoms with Crippen LogP contribution in [0.1, 0.15) is 23.0 Å². The van der Waals surface area contributed by atoms with E-state index in [9.17, 15) is 9.59 Å². The van der Waals surface area contributed by atoms with E-state index in [0.717, 1.165) is 10.9 Å². The van der Waals surface area contributed by atoms with E-state index in [1.165, 1.54) is 0 Å². The SMILES string of the molecule is CCOC(=O)c1cc2ccc(C#CC(N)=O)cc2[nH]1. The lowest BCUT2D eigenvalue weighted by atomic mass is 10.1. The van der Waals surface area contributed by atoms with Crippen molar-refractivity contribution < 1.29 is 14.3 Å². The quantitative estimate of drug-likeness (QED) is 0.625. The largest absolute Gasteiger partial charge is 0.461 e. The maximum atomic E-state index is 11.6. The molecule has 0 atom stereocenters. The lowest BCUT2D eigenvalue weighted by molar-refractivity contribution is -0.112. The Bertz CT molecular complexity index is 704. The second-order valence-electron chi connectivity index (χ2n) is 3.82. The number of carbonyl (C=O) groups is 2. The molecule has 2 rings (SSSR count). The van der Waals surface area contributed by atoms with Crippen LogP contribution in [0.5, 0.6) is 0 Å². The fourth-order valence-electron chi connectivity index (χ4n) is 1.66. The molecule has 1 aromatic carbocycles. The summed E-state index contributed by atoms with van der Waals surface area (Å²) >= 11 is 0. The zero-order chi connectivity index (χ0) is 13.8. The average molecular weight is 256 g/mol. The van der Waals surface area contributed by atoms with Crippen molar-refractivity contribution in [2.45, 2.75) is 6.92 Å². The molecule has 0 aliphatic heterocycles. The number of ether oxygens (including phenoxy) is 1. The third-order valence-electron chi connectivity index (χ3n) is 2.45. The number of carbonyl (C=O) groups excluding carboxylic acids is 2. The second-order valence-corrected chi connectivity index (χ2v) is 3.82. The van der Waals surface area contributed by atoms with Crippen molar-refractivity contribution >= 4 is 22.8 Å². The number of hydrogen-bond donors (Lipinski definition) is 2. The number of fused-ring (bicyclic) bond motifs is 1. The Labute approximate surface area is 109 Å². The van der Waals surface area contributed by atoms with Gasteiger partial charge in [-0.1, -0.05) is 12.0 Å². The fraction of sp³-hybridized carbons (Fsp3) is 0.143. The van der Waals surface area contributed by atoms with E-state index in [1.807, 2.05) is 0 Å². The van der Waals surface area contributed by atoms with E-state index in [-0.39, 0.29) is 0 Å². The van der Waals surface area contributed by atoms with Gasteiger partial charge in [0.25, 0.3) is 5.91 Å². The van der Waals surface area contributed by atoms with Crippen LogP contribution in [-0.4, -0.2) is 23.5 Å². The Balaban J connectivity index is 2.37. The fourth-order valence-corrected chi connectivity index (χ4v) is 1.66. The molecule has 0 radical (unpaired) electrons. The van der Waals surface area contributed by atoms with Crippen LogP contribution in [0.3, 0.4) is 0 Å². The minimum absolute atomic E-state index is 0.323. The van der Waals surface area contributed by atoms with Crippen molar-refractivity contribution in [3.05, 3.63) is 35.5 Å². The summed E-state index contributed by atoms with van der Waals surface area (Å²) in [6.07, 6.45) is 0. The van der Waals surface area contributed by atoms with Gasteiger partial charge in [0.05, 0.1) is 6.61 Å². The van der Waals surface area contributed by atoms with E-state index >= 15 is 0 Å². The van der Waals surface area contributed by atoms with Crippen LogP contribution in [0.25, 0.3) is 10.9 Å². The number of rotatable bonds is 2. The Hall–Kier alpha value is -2.74. The molecule has 0 unspecified atom stereocenters. The first-order valence-electron chi connectivity index (χ1n) is 5.71. The normalized spacial score (nSPS) is 9.74. The first-order chi connectivity index (χ1) is 9.10. The Morgan fingerprint density at radius 3 is 2.84 bits per heavy atom. The number of esters is 1. The highest BCUT2D eigenvalue weighted by Gasteiger charge is 2.10. The van der Waals surface area contributed by atoms with Crippen LogP contribution in [0.2, 0.25) is 0 Å². The van der Waals surface area contributed by atoms with Crippen molar-refractivity contribution in [1.82, 2.24) is 4.98 Å². The summed E-state index contributed by atoms with van der Waals surface area (Å²) in [7, 11) is 0. The molecule has 0 saturated carbocycles. The van der Waals surface area contributed by atoms with Crippen molar-refractivity contribution in [2.75, 3.05) is 6.61 Å². The maximum Gasteiger partial charge on any atom is 0.354 e. The van der Waals surface area contributed by atoms with Crippen LogP contribution >= 0.6 is 0 Å². The molecule has 19 heavy (non-hydrogen) atoms. The van der Waals surface area contributed by atoms with Gasteiger partial charge in [-0.25, -0.2) is 4.79 Å². The smallest absolute Gasteiger partial charge is 0.354 e. The third kappa shape index (κ3) is 2.93. The van der Waals surface area contributed by atoms with E-state index in [4.69, 9.17) is 10.5 Å². The van der Waals surface area contributed by atoms with E-state index in [2.05, 4.69) is 16.8 Å². The van der Waals surface area contributed by atoms with Crippen molar-refractivity contribution in [3.8, 4) is 11.8 Å². The molecule has 0 saturated heterocycles. The van der Waals surface area contributed by atoms with Gasteiger partial charge in [-0.3, -0.25) is 4.79 Å². The van der Waals surface area contributed by atoms with E-state index < -0.39 is 11.9 Å². The van der Waals surface area contributed by atoms with Gasteiger partial charge >= 0.3 is 5.97 Å². The van der Waals surface area contributed by atoms with E-state index in [0.29, 0.717) is 17.9 Å². The molecule has 2 aromatic rings. The van der Waals surface area contributed by atoms with Gasteiger partial charge < -0.3 is 15.5 Å². The molecule has 5 nitrogen and oxygen atoms in total. The van der Waals surface area contributed by atoms with Crippen LogP contribution in [-0.2, 0) is 9.53 Å². The van der Waals surface area contributed by atoms with Gasteiger partial charge in [0, 0.05) is 16.5 Å². The molecule has 1 amide bonds. The van der Waals surface area contributed by atoms with Crippen molar-refractivity contribution in [1.29, 1.82) is 0 Å². The summed E-state index contributed by atoms with van der Waals surface area (Å²) in [5, 5.41) is 0.868. The number of aromatic amines is 1. The lowest BCUT2D eigenvalue weighted by Crippen LogP contribution is -2.06. The first-order valence-corrected chi connectivity index (χ1v) is 5.71. The number of amides is 1. The third-order valence-corrected chi connectivity index (χ3v) is 2.45. The molecule has 0 fully saturated rings. The average Bonchev–Trinajstić information content (AvgIpc) is 2.79. The van der Waals surface area contributed by atoms with Gasteiger partial charge in [-0.05, 0) is 31.0 Å². The van der Waals surface area contributed by atoms with Gasteiger partial charge in [0.2, 0.25) is 0 Å². The van der Waals surface area contributed by atoms with Gasteiger partial charge in [-0.2, -0.15) is 0 Å². The van der Waals surface area contributed by atoms with Gasteiger partial charge in [0.15, 0.2) is 0 Å². The second kappa shape index (κ2) is 5.27. The van der Waals surface area contributed by atoms with Gasteiger partial charge in [0.1, 0.15) is 5.69 Å². The predicted octanol–water partition coefficient (Wildman–Crippen LogP) is 1.18. The molecule has 0 aliphatic rings. The Morgan fingerprint density at radius 2 is 2.16 bits per heavy atom. The number of aromatic nitrogens is 1. The number of H-pyrrole nitrogens is 1. The molecule has 3 N–H and O–H groups in total. The molecule has 96 valence electrons. The summed E-state index contributed by atoms with van der Waals surface area (Å²) in [4.78, 5) is 25.1. The number of nitrogens with two attached hydrogens (primary N) is 1. The summed E-state index contributed by atoms with van der Waals surface area (Å²) < 4.78 is 4.91. The molecular formula is C14H12N2O3. The zero-order valence-electron chi connectivity index (χ0n) is 10.3. The molecule has 1 aromatic heterocycles. The first kappa shape index (κ1) is 12.7.